The summed E-state index contributed by atoms with van der Waals surface area (Å²) in [5, 5.41) is 1.63. The highest BCUT2D eigenvalue weighted by Gasteiger charge is 2.15. The van der Waals surface area contributed by atoms with Crippen LogP contribution >= 0.6 is 0 Å². The lowest BCUT2D eigenvalue weighted by atomic mass is 10.2. The summed E-state index contributed by atoms with van der Waals surface area (Å²) in [5.41, 5.74) is 1.05. The molecule has 0 saturated carbocycles. The van der Waals surface area contributed by atoms with Gasteiger partial charge in [0.25, 0.3) is 10.0 Å². The van der Waals surface area contributed by atoms with Crippen molar-refractivity contribution in [2.24, 2.45) is 0 Å². The molecular formula is C13H22N2O2S. The summed E-state index contributed by atoms with van der Waals surface area (Å²) in [7, 11) is -1.69. The quantitative estimate of drug-likeness (QED) is 0.611. The third kappa shape index (κ3) is 4.76. The third-order valence-electron chi connectivity index (χ3n) is 2.70. The normalized spacial score (nSPS) is 12.0. The minimum Gasteiger partial charge on any atom is -0.234 e. The average Bonchev–Trinajstić information content (AvgIpc) is 2.29. The smallest absolute Gasteiger partial charge is 0.234 e. The lowest BCUT2D eigenvalue weighted by molar-refractivity contribution is 0.290. The minimum absolute atomic E-state index is 0.301. The molecule has 0 aliphatic rings. The lowest BCUT2D eigenvalue weighted by Gasteiger charge is -2.17. The molecule has 0 aliphatic carbocycles. The molecule has 0 amide bonds. The predicted octanol–water partition coefficient (Wildman–Crippen LogP) is 2.31. The van der Waals surface area contributed by atoms with Crippen LogP contribution in [-0.2, 0) is 10.0 Å². The molecule has 4 nitrogen and oxygen atoms in total. The lowest BCUT2D eigenvalue weighted by Crippen LogP contribution is -2.39. The van der Waals surface area contributed by atoms with E-state index in [0.29, 0.717) is 4.90 Å². The van der Waals surface area contributed by atoms with Crippen molar-refractivity contribution in [2.45, 2.75) is 38.0 Å². The highest BCUT2D eigenvalue weighted by atomic mass is 32.2. The van der Waals surface area contributed by atoms with Gasteiger partial charge in [0.2, 0.25) is 0 Å². The molecule has 5 heteroatoms. The Bertz CT molecular complexity index is 454. The molecule has 0 heterocycles. The topological polar surface area (TPSA) is 49.4 Å². The summed E-state index contributed by atoms with van der Waals surface area (Å²) in [6.07, 6.45) is 3.22. The van der Waals surface area contributed by atoms with E-state index in [4.69, 9.17) is 0 Å². The van der Waals surface area contributed by atoms with E-state index >= 15 is 0 Å². The molecule has 1 rings (SSSR count). The number of unbranched alkanes of at least 4 members (excludes halogenated alkanes) is 2. The molecule has 102 valence electrons. The number of nitrogens with one attached hydrogen (secondary N) is 1. The molecule has 0 atom stereocenters. The van der Waals surface area contributed by atoms with Gasteiger partial charge < -0.3 is 0 Å². The largest absolute Gasteiger partial charge is 0.253 e. The number of rotatable bonds is 7. The molecular weight excluding hydrogens is 248 g/mol. The highest BCUT2D eigenvalue weighted by molar-refractivity contribution is 7.89. The first kappa shape index (κ1) is 15.1. The van der Waals surface area contributed by atoms with Crippen LogP contribution in [-0.4, -0.2) is 27.0 Å². The van der Waals surface area contributed by atoms with Crippen molar-refractivity contribution in [3.63, 3.8) is 0 Å². The van der Waals surface area contributed by atoms with E-state index in [9.17, 15) is 8.42 Å². The number of hydrogen-bond donors (Lipinski definition) is 1. The van der Waals surface area contributed by atoms with Crippen LogP contribution in [0.2, 0.25) is 0 Å². The molecule has 0 saturated heterocycles. The average molecular weight is 270 g/mol. The van der Waals surface area contributed by atoms with Gasteiger partial charge in [0, 0.05) is 13.6 Å². The van der Waals surface area contributed by atoms with E-state index in [1.54, 1.807) is 36.3 Å². The highest BCUT2D eigenvalue weighted by Crippen LogP contribution is 2.10. The van der Waals surface area contributed by atoms with E-state index in [1.165, 1.54) is 0 Å². The summed E-state index contributed by atoms with van der Waals surface area (Å²) < 4.78 is 24.1. The SMILES string of the molecule is CCCCCN(C)NS(=O)(=O)c1ccc(C)cc1. The van der Waals surface area contributed by atoms with Crippen LogP contribution < -0.4 is 4.83 Å². The molecule has 1 aromatic carbocycles. The third-order valence-corrected chi connectivity index (χ3v) is 4.15. The Kier molecular flexibility index (Phi) is 5.78. The second kappa shape index (κ2) is 6.87. The van der Waals surface area contributed by atoms with E-state index in [-0.39, 0.29) is 0 Å². The maximum atomic E-state index is 12.0. The summed E-state index contributed by atoms with van der Waals surface area (Å²) >= 11 is 0. The van der Waals surface area contributed by atoms with Crippen molar-refractivity contribution < 1.29 is 8.42 Å². The number of hydrogen-bond acceptors (Lipinski definition) is 3. The number of nitrogens with zero attached hydrogens (tertiary/aromatic N) is 1. The maximum Gasteiger partial charge on any atom is 0.253 e. The maximum absolute atomic E-state index is 12.0. The molecule has 0 bridgehead atoms. The Hall–Kier alpha value is -0.910. The second-order valence-electron chi connectivity index (χ2n) is 4.54. The van der Waals surface area contributed by atoms with Gasteiger partial charge >= 0.3 is 0 Å². The first-order valence-corrected chi connectivity index (χ1v) is 7.74. The van der Waals surface area contributed by atoms with Gasteiger partial charge in [-0.05, 0) is 25.5 Å². The monoisotopic (exact) mass is 270 g/mol. The zero-order valence-corrected chi connectivity index (χ0v) is 12.1. The number of hydrazine groups is 1. The van der Waals surface area contributed by atoms with Crippen molar-refractivity contribution in [3.8, 4) is 0 Å². The Morgan fingerprint density at radius 3 is 2.33 bits per heavy atom. The van der Waals surface area contributed by atoms with Crippen molar-refractivity contribution in [3.05, 3.63) is 29.8 Å². The van der Waals surface area contributed by atoms with Gasteiger partial charge in [-0.3, -0.25) is 0 Å². The van der Waals surface area contributed by atoms with Crippen LogP contribution in [0.25, 0.3) is 0 Å². The van der Waals surface area contributed by atoms with Crippen molar-refractivity contribution in [2.75, 3.05) is 13.6 Å². The van der Waals surface area contributed by atoms with E-state index in [1.807, 2.05) is 6.92 Å². The first-order valence-electron chi connectivity index (χ1n) is 6.26. The molecule has 0 aliphatic heterocycles. The van der Waals surface area contributed by atoms with Gasteiger partial charge in [0.15, 0.2) is 0 Å². The fourth-order valence-corrected chi connectivity index (χ4v) is 2.72. The first-order chi connectivity index (χ1) is 8.45. The zero-order valence-electron chi connectivity index (χ0n) is 11.3. The molecule has 18 heavy (non-hydrogen) atoms. The molecule has 0 fully saturated rings. The van der Waals surface area contributed by atoms with Crippen molar-refractivity contribution in [1.82, 2.24) is 9.84 Å². The molecule has 0 aromatic heterocycles. The molecule has 0 radical (unpaired) electrons. The molecule has 1 N–H and O–H groups in total. The van der Waals surface area contributed by atoms with Gasteiger partial charge in [-0.25, -0.2) is 13.4 Å². The fraction of sp³-hybridized carbons (Fsp3) is 0.538. The van der Waals surface area contributed by atoms with E-state index in [2.05, 4.69) is 11.8 Å². The van der Waals surface area contributed by atoms with E-state index in [0.717, 1.165) is 31.4 Å². The van der Waals surface area contributed by atoms with Gasteiger partial charge in [-0.2, -0.15) is 0 Å². The Morgan fingerprint density at radius 2 is 1.78 bits per heavy atom. The van der Waals surface area contributed by atoms with Crippen molar-refractivity contribution in [1.29, 1.82) is 0 Å². The predicted molar refractivity (Wildman–Crippen MR) is 73.7 cm³/mol. The molecule has 1 aromatic rings. The second-order valence-corrected chi connectivity index (χ2v) is 6.20. The van der Waals surface area contributed by atoms with Crippen LogP contribution in [0.15, 0.2) is 29.2 Å². The zero-order chi connectivity index (χ0) is 13.6. The fourth-order valence-electron chi connectivity index (χ4n) is 1.62. The summed E-state index contributed by atoms with van der Waals surface area (Å²) in [5.74, 6) is 0. The number of benzene rings is 1. The van der Waals surface area contributed by atoms with Crippen LogP contribution in [0.3, 0.4) is 0 Å². The Labute approximate surface area is 110 Å². The molecule has 0 unspecified atom stereocenters. The van der Waals surface area contributed by atoms with Crippen LogP contribution in [0.4, 0.5) is 0 Å². The van der Waals surface area contributed by atoms with Crippen LogP contribution in [0.5, 0.6) is 0 Å². The van der Waals surface area contributed by atoms with Gasteiger partial charge in [-0.1, -0.05) is 37.5 Å². The summed E-state index contributed by atoms with van der Waals surface area (Å²) in [6, 6.07) is 6.84. The standard InChI is InChI=1S/C13H22N2O2S/c1-4-5-6-11-15(3)14-18(16,17)13-9-7-12(2)8-10-13/h7-10,14H,4-6,11H2,1-3H3. The Morgan fingerprint density at radius 1 is 1.17 bits per heavy atom. The van der Waals surface area contributed by atoms with Crippen LogP contribution in [0.1, 0.15) is 31.7 Å². The summed E-state index contributed by atoms with van der Waals surface area (Å²) in [4.78, 5) is 2.86. The summed E-state index contributed by atoms with van der Waals surface area (Å²) in [6.45, 7) is 4.77. The van der Waals surface area contributed by atoms with Gasteiger partial charge in [0.1, 0.15) is 0 Å². The van der Waals surface area contributed by atoms with Gasteiger partial charge in [0.05, 0.1) is 4.90 Å². The van der Waals surface area contributed by atoms with Crippen LogP contribution in [0, 0.1) is 6.92 Å². The Balaban J connectivity index is 2.61. The number of aryl methyl sites for hydroxylation is 1. The minimum atomic E-state index is -3.44. The van der Waals surface area contributed by atoms with Crippen molar-refractivity contribution >= 4 is 10.0 Å². The van der Waals surface area contributed by atoms with E-state index < -0.39 is 10.0 Å². The van der Waals surface area contributed by atoms with Gasteiger partial charge in [-0.15, -0.1) is 4.83 Å². The number of sulfonamides is 1. The molecule has 0 spiro atoms.